The second kappa shape index (κ2) is 6.14. The Kier molecular flexibility index (Phi) is 4.54. The van der Waals surface area contributed by atoms with E-state index in [1.807, 2.05) is 0 Å². The van der Waals surface area contributed by atoms with Crippen LogP contribution in [0.3, 0.4) is 0 Å². The van der Waals surface area contributed by atoms with E-state index in [1.165, 1.54) is 30.4 Å². The Morgan fingerprint density at radius 2 is 2.00 bits per heavy atom. The Bertz CT molecular complexity index is 396. The lowest BCUT2D eigenvalue weighted by Gasteiger charge is -2.35. The molecule has 1 heterocycles. The topological polar surface area (TPSA) is 20.3 Å². The quantitative estimate of drug-likeness (QED) is 0.811. The van der Waals surface area contributed by atoms with Crippen molar-refractivity contribution >= 4 is 5.78 Å². The first-order valence-electron chi connectivity index (χ1n) is 6.94. The van der Waals surface area contributed by atoms with Crippen molar-refractivity contribution in [1.82, 2.24) is 4.90 Å². The monoisotopic (exact) mass is 245 g/mol. The fourth-order valence-electron chi connectivity index (χ4n) is 2.76. The molecule has 2 heteroatoms. The number of likely N-dealkylation sites (tertiary alicyclic amines) is 1. The molecule has 98 valence electrons. The lowest BCUT2D eigenvalue weighted by molar-refractivity contribution is -0.118. The Labute approximate surface area is 110 Å². The Morgan fingerprint density at radius 3 is 2.67 bits per heavy atom. The summed E-state index contributed by atoms with van der Waals surface area (Å²) in [5, 5.41) is 0. The minimum absolute atomic E-state index is 0.316. The molecule has 1 aromatic carbocycles. The van der Waals surface area contributed by atoms with Gasteiger partial charge in [0.1, 0.15) is 5.78 Å². The van der Waals surface area contributed by atoms with Crippen molar-refractivity contribution in [2.75, 3.05) is 6.54 Å². The lowest BCUT2D eigenvalue weighted by atomic mass is 9.97. The maximum absolute atomic E-state index is 11.3. The Hall–Kier alpha value is -1.15. The van der Waals surface area contributed by atoms with Gasteiger partial charge in [0.25, 0.3) is 0 Å². The molecule has 2 nitrogen and oxygen atoms in total. The molecule has 1 aliphatic rings. The maximum Gasteiger partial charge on any atom is 0.131 e. The number of hydrogen-bond donors (Lipinski definition) is 0. The van der Waals surface area contributed by atoms with Crippen LogP contribution >= 0.6 is 0 Å². The molecule has 0 aromatic heterocycles. The van der Waals surface area contributed by atoms with E-state index in [9.17, 15) is 4.79 Å². The van der Waals surface area contributed by atoms with E-state index < -0.39 is 0 Å². The normalized spacial score (nSPS) is 20.9. The molecule has 18 heavy (non-hydrogen) atoms. The first-order valence-corrected chi connectivity index (χ1v) is 6.94. The summed E-state index contributed by atoms with van der Waals surface area (Å²) in [6.07, 6.45) is 4.42. The molecule has 0 spiro atoms. The number of aryl methyl sites for hydroxylation is 1. The maximum atomic E-state index is 11.3. The zero-order valence-electron chi connectivity index (χ0n) is 11.5. The summed E-state index contributed by atoms with van der Waals surface area (Å²) in [4.78, 5) is 13.8. The molecule has 1 atom stereocenters. The van der Waals surface area contributed by atoms with Crippen molar-refractivity contribution in [1.29, 1.82) is 0 Å². The average molecular weight is 245 g/mol. The van der Waals surface area contributed by atoms with E-state index >= 15 is 0 Å². The largest absolute Gasteiger partial charge is 0.300 e. The average Bonchev–Trinajstić information content (AvgIpc) is 2.34. The summed E-state index contributed by atoms with van der Waals surface area (Å²) >= 11 is 0. The van der Waals surface area contributed by atoms with E-state index in [1.54, 1.807) is 6.92 Å². The van der Waals surface area contributed by atoms with Crippen LogP contribution in [0, 0.1) is 6.92 Å². The van der Waals surface area contributed by atoms with Gasteiger partial charge in [0.05, 0.1) is 0 Å². The van der Waals surface area contributed by atoms with Crippen LogP contribution in [0.25, 0.3) is 0 Å². The number of hydrogen-bond acceptors (Lipinski definition) is 2. The van der Waals surface area contributed by atoms with E-state index in [4.69, 9.17) is 0 Å². The number of ketones is 1. The van der Waals surface area contributed by atoms with Gasteiger partial charge in [-0.1, -0.05) is 36.2 Å². The van der Waals surface area contributed by atoms with Crippen molar-refractivity contribution in [2.24, 2.45) is 0 Å². The molecule has 1 unspecified atom stereocenters. The summed E-state index contributed by atoms with van der Waals surface area (Å²) < 4.78 is 0. The van der Waals surface area contributed by atoms with Gasteiger partial charge in [-0.2, -0.15) is 0 Å². The van der Waals surface area contributed by atoms with E-state index in [0.29, 0.717) is 18.2 Å². The summed E-state index contributed by atoms with van der Waals surface area (Å²) in [6.45, 7) is 5.94. The first kappa shape index (κ1) is 13.3. The van der Waals surface area contributed by atoms with Gasteiger partial charge in [0.15, 0.2) is 0 Å². The van der Waals surface area contributed by atoms with Crippen LogP contribution in [0.2, 0.25) is 0 Å². The summed E-state index contributed by atoms with van der Waals surface area (Å²) in [6, 6.07) is 9.19. The molecule has 1 aliphatic heterocycles. The molecule has 0 radical (unpaired) electrons. The summed E-state index contributed by atoms with van der Waals surface area (Å²) in [5.41, 5.74) is 2.66. The molecule has 0 N–H and O–H groups in total. The second-order valence-electron chi connectivity index (χ2n) is 5.51. The van der Waals surface area contributed by atoms with Gasteiger partial charge >= 0.3 is 0 Å². The Balaban J connectivity index is 2.00. The second-order valence-corrected chi connectivity index (χ2v) is 5.51. The van der Waals surface area contributed by atoms with Crippen LogP contribution < -0.4 is 0 Å². The first-order chi connectivity index (χ1) is 8.65. The predicted octanol–water partition coefficient (Wildman–Crippen LogP) is 3.33. The van der Waals surface area contributed by atoms with Crippen LogP contribution in [0.4, 0.5) is 0 Å². The van der Waals surface area contributed by atoms with Crippen molar-refractivity contribution in [3.8, 4) is 0 Å². The molecular formula is C16H23NO. The van der Waals surface area contributed by atoms with Gasteiger partial charge in [0, 0.05) is 19.0 Å². The smallest absolute Gasteiger partial charge is 0.131 e. The van der Waals surface area contributed by atoms with Gasteiger partial charge in [-0.15, -0.1) is 0 Å². The highest BCUT2D eigenvalue weighted by Crippen LogP contribution is 2.22. The van der Waals surface area contributed by atoms with Crippen molar-refractivity contribution in [2.45, 2.75) is 52.1 Å². The van der Waals surface area contributed by atoms with E-state index in [-0.39, 0.29) is 0 Å². The fourth-order valence-corrected chi connectivity index (χ4v) is 2.76. The minimum Gasteiger partial charge on any atom is -0.300 e. The number of rotatable bonds is 4. The Morgan fingerprint density at radius 1 is 1.28 bits per heavy atom. The van der Waals surface area contributed by atoms with E-state index in [0.717, 1.165) is 13.1 Å². The number of nitrogens with zero attached hydrogens (tertiary/aromatic N) is 1. The molecule has 1 aromatic rings. The fraction of sp³-hybridized carbons (Fsp3) is 0.562. The van der Waals surface area contributed by atoms with E-state index in [2.05, 4.69) is 36.1 Å². The highest BCUT2D eigenvalue weighted by atomic mass is 16.1. The van der Waals surface area contributed by atoms with Crippen molar-refractivity contribution in [3.05, 3.63) is 35.4 Å². The lowest BCUT2D eigenvalue weighted by Crippen LogP contribution is -2.39. The molecule has 0 amide bonds. The van der Waals surface area contributed by atoms with Gasteiger partial charge in [0.2, 0.25) is 0 Å². The molecule has 0 saturated carbocycles. The molecule has 1 saturated heterocycles. The SMILES string of the molecule is CC(=O)CC1CCCCN1Cc1ccc(C)cc1. The molecule has 2 rings (SSSR count). The molecular weight excluding hydrogens is 222 g/mol. The third kappa shape index (κ3) is 3.67. The van der Waals surface area contributed by atoms with Crippen molar-refractivity contribution < 1.29 is 4.79 Å². The van der Waals surface area contributed by atoms with Gasteiger partial charge in [-0.3, -0.25) is 9.69 Å². The number of piperidine rings is 1. The summed E-state index contributed by atoms with van der Waals surface area (Å²) in [7, 11) is 0. The van der Waals surface area contributed by atoms with Crippen LogP contribution in [0.1, 0.15) is 43.7 Å². The van der Waals surface area contributed by atoms with Crippen LogP contribution in [-0.4, -0.2) is 23.3 Å². The number of carbonyl (C=O) groups is 1. The van der Waals surface area contributed by atoms with Gasteiger partial charge < -0.3 is 0 Å². The number of carbonyl (C=O) groups excluding carboxylic acids is 1. The third-order valence-electron chi connectivity index (χ3n) is 3.78. The van der Waals surface area contributed by atoms with Crippen LogP contribution in [0.5, 0.6) is 0 Å². The zero-order valence-corrected chi connectivity index (χ0v) is 11.5. The van der Waals surface area contributed by atoms with Gasteiger partial charge in [-0.25, -0.2) is 0 Å². The molecule has 0 bridgehead atoms. The highest BCUT2D eigenvalue weighted by molar-refractivity contribution is 5.76. The zero-order chi connectivity index (χ0) is 13.0. The minimum atomic E-state index is 0.316. The van der Waals surface area contributed by atoms with Crippen LogP contribution in [-0.2, 0) is 11.3 Å². The predicted molar refractivity (Wildman–Crippen MR) is 74.5 cm³/mol. The molecule has 1 fully saturated rings. The molecule has 0 aliphatic carbocycles. The third-order valence-corrected chi connectivity index (χ3v) is 3.78. The van der Waals surface area contributed by atoms with Gasteiger partial charge in [-0.05, 0) is 38.8 Å². The number of benzene rings is 1. The number of Topliss-reactive ketones (excluding diaryl/α,β-unsaturated/α-hetero) is 1. The highest BCUT2D eigenvalue weighted by Gasteiger charge is 2.23. The standard InChI is InChI=1S/C16H23NO/c1-13-6-8-15(9-7-13)12-17-10-4-3-5-16(17)11-14(2)18/h6-9,16H,3-5,10-12H2,1-2H3. The summed E-state index contributed by atoms with van der Waals surface area (Å²) in [5.74, 6) is 0.316. The van der Waals surface area contributed by atoms with Crippen molar-refractivity contribution in [3.63, 3.8) is 0 Å². The van der Waals surface area contributed by atoms with Crippen LogP contribution in [0.15, 0.2) is 24.3 Å².